The van der Waals surface area contributed by atoms with Crippen LogP contribution >= 0.6 is 12.4 Å². The number of hydrogen-bond donors (Lipinski definition) is 1. The minimum absolute atomic E-state index is 0. The van der Waals surface area contributed by atoms with Gasteiger partial charge in [0.1, 0.15) is 23.1 Å². The highest BCUT2D eigenvalue weighted by atomic mass is 35.5. The Morgan fingerprint density at radius 1 is 0.962 bits per heavy atom. The van der Waals surface area contributed by atoms with Crippen LogP contribution in [0.5, 0.6) is 11.5 Å². The maximum atomic E-state index is 13.4. The van der Waals surface area contributed by atoms with Crippen molar-refractivity contribution < 1.29 is 23.0 Å². The Morgan fingerprint density at radius 3 is 2.46 bits per heavy atom. The standard InChI is InChI=1S/C19H23F2NO3.ClH/c1-2-24-16-6-8-19(18(22)12-16)25-10-4-3-9-23-13-14-11-15(20)5-7-17(14)21;/h5-8,11-12H,2-4,9-10,13,22H2,1H3;1H. The highest BCUT2D eigenvalue weighted by molar-refractivity contribution is 5.85. The number of unbranched alkanes of at least 4 members (excludes halogenated alkanes) is 1. The Hall–Kier alpha value is -2.05. The molecule has 144 valence electrons. The molecule has 26 heavy (non-hydrogen) atoms. The van der Waals surface area contributed by atoms with Gasteiger partial charge in [-0.1, -0.05) is 0 Å². The van der Waals surface area contributed by atoms with Crippen LogP contribution in [0.4, 0.5) is 14.5 Å². The highest BCUT2D eigenvalue weighted by Crippen LogP contribution is 2.26. The number of rotatable bonds is 10. The van der Waals surface area contributed by atoms with Crippen LogP contribution in [0.1, 0.15) is 25.3 Å². The number of benzene rings is 2. The number of anilines is 1. The summed E-state index contributed by atoms with van der Waals surface area (Å²) in [5.41, 5.74) is 6.66. The van der Waals surface area contributed by atoms with E-state index in [4.69, 9.17) is 19.9 Å². The number of nitrogen functional groups attached to an aromatic ring is 1. The monoisotopic (exact) mass is 387 g/mol. The van der Waals surface area contributed by atoms with Gasteiger partial charge in [0, 0.05) is 18.2 Å². The second-order valence-corrected chi connectivity index (χ2v) is 5.48. The summed E-state index contributed by atoms with van der Waals surface area (Å²) in [6.45, 7) is 3.48. The summed E-state index contributed by atoms with van der Waals surface area (Å²) in [5, 5.41) is 0. The molecular weight excluding hydrogens is 364 g/mol. The minimum Gasteiger partial charge on any atom is -0.494 e. The summed E-state index contributed by atoms with van der Waals surface area (Å²) in [4.78, 5) is 0. The van der Waals surface area contributed by atoms with E-state index in [1.165, 1.54) is 0 Å². The Kier molecular flexibility index (Phi) is 9.76. The van der Waals surface area contributed by atoms with Gasteiger partial charge in [-0.3, -0.25) is 0 Å². The van der Waals surface area contributed by atoms with Crippen LogP contribution in [-0.4, -0.2) is 19.8 Å². The fourth-order valence-corrected chi connectivity index (χ4v) is 2.24. The van der Waals surface area contributed by atoms with Gasteiger partial charge in [0.05, 0.1) is 25.5 Å². The Bertz CT molecular complexity index is 686. The van der Waals surface area contributed by atoms with Crippen molar-refractivity contribution in [3.05, 3.63) is 53.6 Å². The molecule has 2 aromatic rings. The topological polar surface area (TPSA) is 53.7 Å². The number of halogens is 3. The lowest BCUT2D eigenvalue weighted by atomic mass is 10.2. The highest BCUT2D eigenvalue weighted by Gasteiger charge is 2.05. The van der Waals surface area contributed by atoms with E-state index in [1.807, 2.05) is 13.0 Å². The van der Waals surface area contributed by atoms with Crippen LogP contribution in [-0.2, 0) is 11.3 Å². The van der Waals surface area contributed by atoms with Crippen LogP contribution < -0.4 is 15.2 Å². The van der Waals surface area contributed by atoms with Crippen molar-refractivity contribution in [2.75, 3.05) is 25.6 Å². The number of hydrogen-bond acceptors (Lipinski definition) is 4. The van der Waals surface area contributed by atoms with E-state index in [2.05, 4.69) is 0 Å². The summed E-state index contributed by atoms with van der Waals surface area (Å²) < 4.78 is 42.8. The second kappa shape index (κ2) is 11.5. The summed E-state index contributed by atoms with van der Waals surface area (Å²) >= 11 is 0. The predicted molar refractivity (Wildman–Crippen MR) is 100 cm³/mol. The van der Waals surface area contributed by atoms with Gasteiger partial charge in [-0.2, -0.15) is 0 Å². The molecule has 0 bridgehead atoms. The van der Waals surface area contributed by atoms with E-state index < -0.39 is 11.6 Å². The van der Waals surface area contributed by atoms with E-state index >= 15 is 0 Å². The molecule has 0 spiro atoms. The van der Waals surface area contributed by atoms with Crippen LogP contribution in [0.2, 0.25) is 0 Å². The summed E-state index contributed by atoms with van der Waals surface area (Å²) in [7, 11) is 0. The van der Waals surface area contributed by atoms with Gasteiger partial charge in [0.15, 0.2) is 0 Å². The van der Waals surface area contributed by atoms with Gasteiger partial charge >= 0.3 is 0 Å². The molecule has 0 aromatic heterocycles. The average molecular weight is 388 g/mol. The minimum atomic E-state index is -0.471. The molecule has 0 heterocycles. The Morgan fingerprint density at radius 2 is 1.73 bits per heavy atom. The van der Waals surface area contributed by atoms with Gasteiger partial charge in [-0.25, -0.2) is 8.78 Å². The molecule has 0 fully saturated rings. The molecule has 0 saturated carbocycles. The first-order valence-electron chi connectivity index (χ1n) is 8.27. The molecule has 2 N–H and O–H groups in total. The van der Waals surface area contributed by atoms with Crippen molar-refractivity contribution in [2.24, 2.45) is 0 Å². The molecule has 0 atom stereocenters. The largest absolute Gasteiger partial charge is 0.494 e. The van der Waals surface area contributed by atoms with Crippen molar-refractivity contribution in [1.29, 1.82) is 0 Å². The van der Waals surface area contributed by atoms with Crippen LogP contribution in [0.15, 0.2) is 36.4 Å². The summed E-state index contributed by atoms with van der Waals surface area (Å²) in [6, 6.07) is 8.66. The van der Waals surface area contributed by atoms with Crippen LogP contribution in [0.3, 0.4) is 0 Å². The lowest BCUT2D eigenvalue weighted by Crippen LogP contribution is -2.04. The first-order valence-corrected chi connectivity index (χ1v) is 8.27. The zero-order chi connectivity index (χ0) is 18.1. The van der Waals surface area contributed by atoms with E-state index in [9.17, 15) is 8.78 Å². The lowest BCUT2D eigenvalue weighted by molar-refractivity contribution is 0.111. The van der Waals surface area contributed by atoms with E-state index in [1.54, 1.807) is 12.1 Å². The molecule has 0 saturated heterocycles. The molecule has 2 rings (SSSR count). The molecule has 0 unspecified atom stereocenters. The zero-order valence-corrected chi connectivity index (χ0v) is 15.5. The van der Waals surface area contributed by atoms with E-state index in [0.717, 1.165) is 31.0 Å². The molecular formula is C19H24ClF2NO3. The van der Waals surface area contributed by atoms with Crippen molar-refractivity contribution in [3.63, 3.8) is 0 Å². The molecule has 4 nitrogen and oxygen atoms in total. The molecule has 0 aliphatic rings. The SMILES string of the molecule is CCOc1ccc(OCCCCOCc2cc(F)ccc2F)c(N)c1.Cl. The fourth-order valence-electron chi connectivity index (χ4n) is 2.24. The van der Waals surface area contributed by atoms with Gasteiger partial charge in [-0.05, 0) is 50.1 Å². The number of ether oxygens (including phenoxy) is 3. The van der Waals surface area contributed by atoms with Crippen molar-refractivity contribution in [2.45, 2.75) is 26.4 Å². The first-order chi connectivity index (χ1) is 12.1. The maximum absolute atomic E-state index is 13.4. The summed E-state index contributed by atoms with van der Waals surface area (Å²) in [5.74, 6) is 0.397. The third-order valence-corrected chi connectivity index (χ3v) is 3.50. The average Bonchev–Trinajstić information content (AvgIpc) is 2.59. The quantitative estimate of drug-likeness (QED) is 0.472. The molecule has 0 aliphatic heterocycles. The van der Waals surface area contributed by atoms with Gasteiger partial charge in [0.25, 0.3) is 0 Å². The lowest BCUT2D eigenvalue weighted by Gasteiger charge is -2.11. The zero-order valence-electron chi connectivity index (χ0n) is 14.7. The van der Waals surface area contributed by atoms with Gasteiger partial charge in [-0.15, -0.1) is 12.4 Å². The number of nitrogens with two attached hydrogens (primary N) is 1. The van der Waals surface area contributed by atoms with E-state index in [0.29, 0.717) is 37.0 Å². The normalized spacial score (nSPS) is 10.3. The maximum Gasteiger partial charge on any atom is 0.142 e. The molecule has 0 amide bonds. The van der Waals surface area contributed by atoms with Gasteiger partial charge < -0.3 is 19.9 Å². The van der Waals surface area contributed by atoms with Crippen molar-refractivity contribution in [1.82, 2.24) is 0 Å². The van der Waals surface area contributed by atoms with Crippen molar-refractivity contribution in [3.8, 4) is 11.5 Å². The Labute approximate surface area is 158 Å². The second-order valence-electron chi connectivity index (χ2n) is 5.48. The predicted octanol–water partition coefficient (Wildman–Crippen LogP) is 4.74. The smallest absolute Gasteiger partial charge is 0.142 e. The third kappa shape index (κ3) is 7.06. The third-order valence-electron chi connectivity index (χ3n) is 3.50. The van der Waals surface area contributed by atoms with Crippen LogP contribution in [0, 0.1) is 11.6 Å². The Balaban J connectivity index is 0.00000338. The van der Waals surface area contributed by atoms with Crippen molar-refractivity contribution >= 4 is 18.1 Å². The van der Waals surface area contributed by atoms with Crippen LogP contribution in [0.25, 0.3) is 0 Å². The summed E-state index contributed by atoms with van der Waals surface area (Å²) in [6.07, 6.45) is 1.51. The molecule has 2 aromatic carbocycles. The molecule has 0 aliphatic carbocycles. The molecule has 0 radical (unpaired) electrons. The molecule has 7 heteroatoms. The first kappa shape index (κ1) is 22.0. The fraction of sp³-hybridized carbons (Fsp3) is 0.368. The van der Waals surface area contributed by atoms with Gasteiger partial charge in [0.2, 0.25) is 0 Å². The van der Waals surface area contributed by atoms with E-state index in [-0.39, 0.29) is 24.6 Å².